The van der Waals surface area contributed by atoms with Crippen molar-refractivity contribution in [2.75, 3.05) is 16.0 Å². The molecule has 0 bridgehead atoms. The van der Waals surface area contributed by atoms with Crippen molar-refractivity contribution in [3.8, 4) is 0 Å². The molecule has 150 valence electrons. The molecule has 4 N–H and O–H groups in total. The fourth-order valence-electron chi connectivity index (χ4n) is 3.03. The van der Waals surface area contributed by atoms with Gasteiger partial charge in [0.1, 0.15) is 6.04 Å². The van der Waals surface area contributed by atoms with E-state index in [4.69, 9.17) is 23.2 Å². The number of halogens is 2. The van der Waals surface area contributed by atoms with Crippen molar-refractivity contribution in [2.45, 2.75) is 19.4 Å². The van der Waals surface area contributed by atoms with Gasteiger partial charge in [0.05, 0.1) is 5.02 Å². The van der Waals surface area contributed by atoms with Crippen LogP contribution in [0.3, 0.4) is 0 Å². The highest BCUT2D eigenvalue weighted by atomic mass is 35.5. The fourth-order valence-corrected chi connectivity index (χ4v) is 3.65. The molecule has 1 aliphatic heterocycles. The van der Waals surface area contributed by atoms with E-state index in [1.54, 1.807) is 30.3 Å². The van der Waals surface area contributed by atoms with Crippen LogP contribution in [0.1, 0.15) is 18.9 Å². The molecule has 7 nitrogen and oxygen atoms in total. The molecular weight excluding hydrogens is 417 g/mol. The Balaban J connectivity index is 1.85. The lowest BCUT2D eigenvalue weighted by Crippen LogP contribution is -2.33. The van der Waals surface area contributed by atoms with Crippen LogP contribution in [0.2, 0.25) is 10.0 Å². The summed E-state index contributed by atoms with van der Waals surface area (Å²) in [7, 11) is 0. The third-order valence-electron chi connectivity index (χ3n) is 4.21. The summed E-state index contributed by atoms with van der Waals surface area (Å²) in [5.74, 6) is -1.68. The van der Waals surface area contributed by atoms with E-state index in [2.05, 4.69) is 16.0 Å². The van der Waals surface area contributed by atoms with Crippen molar-refractivity contribution in [3.63, 3.8) is 0 Å². The molecule has 2 amide bonds. The summed E-state index contributed by atoms with van der Waals surface area (Å²) in [6.45, 7) is 1.40. The van der Waals surface area contributed by atoms with Crippen LogP contribution in [0.25, 0.3) is 5.57 Å². The Morgan fingerprint density at radius 3 is 2.31 bits per heavy atom. The molecule has 0 spiro atoms. The molecule has 29 heavy (non-hydrogen) atoms. The Bertz CT molecular complexity index is 1020. The number of carboxylic acid groups (broad SMARTS) is 1. The number of amides is 2. The van der Waals surface area contributed by atoms with Crippen LogP contribution < -0.4 is 16.0 Å². The van der Waals surface area contributed by atoms with Crippen molar-refractivity contribution in [2.24, 2.45) is 0 Å². The number of carbonyl (C=O) groups is 3. The maximum absolute atomic E-state index is 12.5. The van der Waals surface area contributed by atoms with Crippen LogP contribution in [0.15, 0.2) is 42.5 Å². The zero-order valence-electron chi connectivity index (χ0n) is 15.3. The largest absolute Gasteiger partial charge is 0.480 e. The smallest absolute Gasteiger partial charge is 0.326 e. The lowest BCUT2D eigenvalue weighted by atomic mass is 9.92. The monoisotopic (exact) mass is 433 g/mol. The zero-order valence-corrected chi connectivity index (χ0v) is 16.8. The number of hydrogen-bond donors (Lipinski definition) is 4. The van der Waals surface area contributed by atoms with Crippen molar-refractivity contribution >= 4 is 63.6 Å². The second-order valence-corrected chi connectivity index (χ2v) is 7.31. The van der Waals surface area contributed by atoms with Gasteiger partial charge in [-0.1, -0.05) is 23.2 Å². The van der Waals surface area contributed by atoms with Crippen molar-refractivity contribution < 1.29 is 19.5 Å². The minimum absolute atomic E-state index is 0.0819. The van der Waals surface area contributed by atoms with E-state index in [0.717, 1.165) is 0 Å². The summed E-state index contributed by atoms with van der Waals surface area (Å²) in [5, 5.41) is 18.3. The second kappa shape index (κ2) is 8.55. The zero-order chi connectivity index (χ0) is 21.1. The van der Waals surface area contributed by atoms with Crippen LogP contribution >= 0.6 is 23.2 Å². The second-order valence-electron chi connectivity index (χ2n) is 6.47. The maximum atomic E-state index is 12.5. The van der Waals surface area contributed by atoms with E-state index in [-0.39, 0.29) is 12.3 Å². The number of benzene rings is 2. The average Bonchev–Trinajstić information content (AvgIpc) is 2.61. The number of rotatable bonds is 4. The highest BCUT2D eigenvalue weighted by Gasteiger charge is 2.29. The summed E-state index contributed by atoms with van der Waals surface area (Å²) in [6, 6.07) is 8.80. The van der Waals surface area contributed by atoms with Crippen LogP contribution in [0, 0.1) is 0 Å². The predicted molar refractivity (Wildman–Crippen MR) is 113 cm³/mol. The third kappa shape index (κ3) is 5.07. The number of aliphatic carboxylic acids is 1. The number of hydrogen-bond acceptors (Lipinski definition) is 4. The predicted octanol–water partition coefficient (Wildman–Crippen LogP) is 4.24. The van der Waals surface area contributed by atoms with Gasteiger partial charge in [0.2, 0.25) is 11.8 Å². The van der Waals surface area contributed by atoms with Crippen LogP contribution in [0.5, 0.6) is 0 Å². The van der Waals surface area contributed by atoms with Crippen LogP contribution in [-0.4, -0.2) is 28.9 Å². The van der Waals surface area contributed by atoms with Gasteiger partial charge in [-0.2, -0.15) is 0 Å². The summed E-state index contributed by atoms with van der Waals surface area (Å²) >= 11 is 12.3. The Morgan fingerprint density at radius 2 is 1.72 bits per heavy atom. The molecular formula is C20H17Cl2N3O4. The van der Waals surface area contributed by atoms with Crippen LogP contribution in [0.4, 0.5) is 17.1 Å². The third-order valence-corrected chi connectivity index (χ3v) is 4.72. The topological polar surface area (TPSA) is 108 Å². The summed E-state index contributed by atoms with van der Waals surface area (Å²) in [6.07, 6.45) is 1.41. The van der Waals surface area contributed by atoms with Crippen molar-refractivity contribution in [1.82, 2.24) is 0 Å². The summed E-state index contributed by atoms with van der Waals surface area (Å²) < 4.78 is 0. The van der Waals surface area contributed by atoms with E-state index >= 15 is 0 Å². The number of carboxylic acids is 1. The fraction of sp³-hybridized carbons (Fsp3) is 0.150. The molecule has 2 aromatic rings. The summed E-state index contributed by atoms with van der Waals surface area (Å²) in [5.41, 5.74) is 2.62. The minimum atomic E-state index is -1.05. The van der Waals surface area contributed by atoms with Gasteiger partial charge in [-0.15, -0.1) is 0 Å². The Morgan fingerprint density at radius 1 is 1.10 bits per heavy atom. The normalized spacial score (nSPS) is 16.5. The van der Waals surface area contributed by atoms with E-state index in [9.17, 15) is 19.5 Å². The van der Waals surface area contributed by atoms with Crippen molar-refractivity contribution in [3.05, 3.63) is 58.1 Å². The molecule has 0 saturated carbocycles. The first-order valence-electron chi connectivity index (χ1n) is 8.61. The molecule has 9 heteroatoms. The number of fused-ring (bicyclic) bond motifs is 1. The van der Waals surface area contributed by atoms with Gasteiger partial charge in [0.25, 0.3) is 0 Å². The standard InChI is InChI=1S/C20H17Cl2N3O4/c1-10(26)23-13-2-4-14(5-3-13)24-18(27)7-11-6-17(20(28)29)25-16-9-12(21)8-15(22)19(11)16/h2-5,7-9,17,25H,6H2,1H3,(H,23,26)(H,24,27)(H,28,29)/b11-7+/t17-/m0/s1. The molecule has 0 unspecified atom stereocenters. The first-order chi connectivity index (χ1) is 13.7. The quantitative estimate of drug-likeness (QED) is 0.539. The molecule has 0 aromatic heterocycles. The highest BCUT2D eigenvalue weighted by molar-refractivity contribution is 6.36. The lowest BCUT2D eigenvalue weighted by molar-refractivity contribution is -0.137. The first kappa shape index (κ1) is 20.7. The van der Waals surface area contributed by atoms with E-state index in [0.29, 0.717) is 38.2 Å². The number of nitrogens with one attached hydrogen (secondary N) is 3. The van der Waals surface area contributed by atoms with Gasteiger partial charge in [-0.25, -0.2) is 4.79 Å². The molecule has 1 heterocycles. The number of carbonyl (C=O) groups excluding carboxylic acids is 2. The molecule has 3 rings (SSSR count). The lowest BCUT2D eigenvalue weighted by Gasteiger charge is -2.27. The van der Waals surface area contributed by atoms with E-state index in [1.807, 2.05) is 0 Å². The highest BCUT2D eigenvalue weighted by Crippen LogP contribution is 2.40. The van der Waals surface area contributed by atoms with Gasteiger partial charge in [0, 0.05) is 47.1 Å². The minimum Gasteiger partial charge on any atom is -0.480 e. The van der Waals surface area contributed by atoms with Gasteiger partial charge in [-0.3, -0.25) is 9.59 Å². The SMILES string of the molecule is CC(=O)Nc1ccc(NC(=O)/C=C2\C[C@@H](C(=O)O)Nc3cc(Cl)cc(Cl)c32)cc1. The van der Waals surface area contributed by atoms with E-state index < -0.39 is 17.9 Å². The Kier molecular flexibility index (Phi) is 6.10. The van der Waals surface area contributed by atoms with Crippen molar-refractivity contribution in [1.29, 1.82) is 0 Å². The molecule has 2 aromatic carbocycles. The summed E-state index contributed by atoms with van der Waals surface area (Å²) in [4.78, 5) is 35.1. The molecule has 0 radical (unpaired) electrons. The molecule has 0 saturated heterocycles. The molecule has 0 fully saturated rings. The van der Waals surface area contributed by atoms with E-state index in [1.165, 1.54) is 19.1 Å². The first-order valence-corrected chi connectivity index (χ1v) is 9.36. The van der Waals surface area contributed by atoms with Gasteiger partial charge >= 0.3 is 5.97 Å². The van der Waals surface area contributed by atoms with Crippen LogP contribution in [-0.2, 0) is 14.4 Å². The molecule has 0 aliphatic carbocycles. The number of anilines is 3. The van der Waals surface area contributed by atoms with Gasteiger partial charge in [0.15, 0.2) is 0 Å². The Hall–Kier alpha value is -3.03. The molecule has 1 atom stereocenters. The average molecular weight is 434 g/mol. The molecule has 1 aliphatic rings. The Labute approximate surface area is 176 Å². The van der Waals surface area contributed by atoms with Gasteiger partial charge < -0.3 is 21.1 Å². The maximum Gasteiger partial charge on any atom is 0.326 e. The van der Waals surface area contributed by atoms with Gasteiger partial charge in [-0.05, 0) is 42.0 Å².